The number of ether oxygens (including phenoxy) is 1. The van der Waals surface area contributed by atoms with E-state index in [0.717, 1.165) is 29.0 Å². The average Bonchev–Trinajstić information content (AvgIpc) is 3.79. The summed E-state index contributed by atoms with van der Waals surface area (Å²) in [5, 5.41) is 0. The van der Waals surface area contributed by atoms with Gasteiger partial charge in [0.1, 0.15) is 11.6 Å². The van der Waals surface area contributed by atoms with Gasteiger partial charge in [-0.15, -0.1) is 12.3 Å². The molecule has 37 heavy (non-hydrogen) atoms. The lowest BCUT2D eigenvalue weighted by atomic mass is 9.94. The molecule has 1 heterocycles. The maximum atomic E-state index is 14.2. The highest BCUT2D eigenvalue weighted by atomic mass is 19.1. The minimum absolute atomic E-state index is 0.298. The number of terminal acetylenes is 1. The topological polar surface area (TPSA) is 22.1 Å². The maximum absolute atomic E-state index is 14.2. The molecule has 2 aliphatic rings. The van der Waals surface area contributed by atoms with Gasteiger partial charge in [-0.25, -0.2) is 4.39 Å². The van der Waals surface area contributed by atoms with Crippen molar-refractivity contribution in [3.8, 4) is 18.1 Å². The average molecular weight is 506 g/mol. The lowest BCUT2D eigenvalue weighted by molar-refractivity contribution is 0.414. The summed E-state index contributed by atoms with van der Waals surface area (Å²) in [5.74, 6) is 2.69. The Hall–Kier alpha value is -3.12. The molecular formula is C34H48FNO. The SMILES string of the molecule is C#CC.C1CC1.CC.CC1=CCCC(C)=C1C.CCc1cc(/C=C(\F)c2ccc(C)nc2)cc(OC)c1. The molecule has 1 aromatic carbocycles. The van der Waals surface area contributed by atoms with Crippen molar-refractivity contribution >= 4 is 11.9 Å². The van der Waals surface area contributed by atoms with Gasteiger partial charge in [-0.2, -0.15) is 0 Å². The Morgan fingerprint density at radius 3 is 2.14 bits per heavy atom. The first-order valence-electron chi connectivity index (χ1n) is 13.4. The molecule has 2 nitrogen and oxygen atoms in total. The van der Waals surface area contributed by atoms with E-state index in [0.29, 0.717) is 5.56 Å². The van der Waals surface area contributed by atoms with Crippen LogP contribution in [0.2, 0.25) is 0 Å². The van der Waals surface area contributed by atoms with Crippen molar-refractivity contribution in [3.63, 3.8) is 0 Å². The highest BCUT2D eigenvalue weighted by Crippen LogP contribution is 2.24. The number of rotatable bonds is 4. The van der Waals surface area contributed by atoms with Gasteiger partial charge in [-0.3, -0.25) is 4.98 Å². The van der Waals surface area contributed by atoms with Crippen molar-refractivity contribution in [3.05, 3.63) is 81.7 Å². The molecule has 0 atom stereocenters. The van der Waals surface area contributed by atoms with Crippen LogP contribution >= 0.6 is 0 Å². The van der Waals surface area contributed by atoms with Gasteiger partial charge in [0.2, 0.25) is 0 Å². The quantitative estimate of drug-likeness (QED) is 0.386. The molecular weight excluding hydrogens is 457 g/mol. The van der Waals surface area contributed by atoms with Gasteiger partial charge in [0.15, 0.2) is 0 Å². The van der Waals surface area contributed by atoms with Crippen LogP contribution in [-0.2, 0) is 6.42 Å². The number of aryl methyl sites for hydroxylation is 2. The molecule has 0 N–H and O–H groups in total. The van der Waals surface area contributed by atoms with Gasteiger partial charge in [0, 0.05) is 17.5 Å². The van der Waals surface area contributed by atoms with Crippen LogP contribution in [0.25, 0.3) is 11.9 Å². The van der Waals surface area contributed by atoms with Crippen LogP contribution in [0.15, 0.2) is 59.3 Å². The highest BCUT2D eigenvalue weighted by Gasteiger charge is 2.04. The third-order valence-electron chi connectivity index (χ3n) is 5.67. The van der Waals surface area contributed by atoms with Crippen molar-refractivity contribution < 1.29 is 9.13 Å². The highest BCUT2D eigenvalue weighted by molar-refractivity contribution is 5.77. The van der Waals surface area contributed by atoms with E-state index in [2.05, 4.69) is 51.1 Å². The van der Waals surface area contributed by atoms with Gasteiger partial charge in [-0.1, -0.05) is 63.3 Å². The van der Waals surface area contributed by atoms with Crippen molar-refractivity contribution in [2.75, 3.05) is 7.11 Å². The Labute approximate surface area is 226 Å². The minimum Gasteiger partial charge on any atom is -0.497 e. The minimum atomic E-state index is -0.298. The molecule has 3 heteroatoms. The zero-order valence-corrected chi connectivity index (χ0v) is 24.7. The number of methoxy groups -OCH3 is 1. The molecule has 2 aromatic rings. The van der Waals surface area contributed by atoms with Gasteiger partial charge >= 0.3 is 0 Å². The maximum Gasteiger partial charge on any atom is 0.132 e. The summed E-state index contributed by atoms with van der Waals surface area (Å²) in [6.45, 7) is 16.2. The Bertz CT molecular complexity index is 1030. The molecule has 0 spiro atoms. The summed E-state index contributed by atoms with van der Waals surface area (Å²) < 4.78 is 19.4. The van der Waals surface area contributed by atoms with Crippen molar-refractivity contribution in [1.29, 1.82) is 0 Å². The van der Waals surface area contributed by atoms with Gasteiger partial charge in [0.05, 0.1) is 7.11 Å². The second kappa shape index (κ2) is 20.0. The van der Waals surface area contributed by atoms with Gasteiger partial charge in [0.25, 0.3) is 0 Å². The summed E-state index contributed by atoms with van der Waals surface area (Å²) in [5.41, 5.74) is 7.80. The number of hydrogen-bond donors (Lipinski definition) is 0. The van der Waals surface area contributed by atoms with E-state index < -0.39 is 0 Å². The fourth-order valence-electron chi connectivity index (χ4n) is 3.11. The summed E-state index contributed by atoms with van der Waals surface area (Å²) in [6.07, 6.45) is 17.9. The lowest BCUT2D eigenvalue weighted by Crippen LogP contribution is -1.92. The molecule has 1 saturated carbocycles. The third-order valence-corrected chi connectivity index (χ3v) is 5.67. The summed E-state index contributed by atoms with van der Waals surface area (Å²) in [4.78, 5) is 4.10. The number of allylic oxidation sites excluding steroid dienone is 4. The smallest absolute Gasteiger partial charge is 0.132 e. The first-order valence-corrected chi connectivity index (χ1v) is 13.4. The molecule has 0 saturated heterocycles. The van der Waals surface area contributed by atoms with Crippen LogP contribution in [-0.4, -0.2) is 12.1 Å². The van der Waals surface area contributed by atoms with Crippen LogP contribution in [0.5, 0.6) is 5.75 Å². The predicted molar refractivity (Wildman–Crippen MR) is 161 cm³/mol. The summed E-state index contributed by atoms with van der Waals surface area (Å²) in [7, 11) is 1.61. The molecule has 2 aliphatic carbocycles. The molecule has 1 fully saturated rings. The number of hydrogen-bond acceptors (Lipinski definition) is 2. The Kier molecular flexibility index (Phi) is 18.3. The summed E-state index contributed by atoms with van der Waals surface area (Å²) >= 11 is 0. The van der Waals surface area contributed by atoms with Crippen LogP contribution in [0.4, 0.5) is 4.39 Å². The van der Waals surface area contributed by atoms with E-state index in [-0.39, 0.29) is 5.83 Å². The van der Waals surface area contributed by atoms with Gasteiger partial charge < -0.3 is 4.74 Å². The monoisotopic (exact) mass is 505 g/mol. The van der Waals surface area contributed by atoms with Crippen LogP contribution in [0.3, 0.4) is 0 Å². The number of pyridine rings is 1. The standard InChI is InChI=1S/C17H18FNO.C9H14.C3H6.C3H4.C2H6/c1-4-13-7-14(9-16(8-13)20-3)10-17(18)15-6-5-12(2)19-11-15;1-7-5-4-6-8(2)9(7)3;1-2-3-1;1-3-2;1-2/h5-11H,4H2,1-3H3;5H,4,6H2,1-3H3;1-3H2;1H,2H3;1-2H3/b17-10-;;;;. The Morgan fingerprint density at radius 2 is 1.70 bits per heavy atom. The third kappa shape index (κ3) is 14.9. The van der Waals surface area contributed by atoms with Crippen molar-refractivity contribution in [1.82, 2.24) is 4.98 Å². The second-order valence-electron chi connectivity index (χ2n) is 8.83. The summed E-state index contributed by atoms with van der Waals surface area (Å²) in [6, 6.07) is 9.27. The van der Waals surface area contributed by atoms with Crippen molar-refractivity contribution in [2.45, 2.75) is 93.9 Å². The zero-order valence-electron chi connectivity index (χ0n) is 24.7. The zero-order chi connectivity index (χ0) is 28.2. The molecule has 0 bridgehead atoms. The Balaban J connectivity index is 0.000000624. The van der Waals surface area contributed by atoms with Gasteiger partial charge in [-0.05, 0) is 101 Å². The number of nitrogens with zero attached hydrogens (tertiary/aromatic N) is 1. The van der Waals surface area contributed by atoms with Crippen LogP contribution < -0.4 is 4.74 Å². The van der Waals surface area contributed by atoms with E-state index >= 15 is 0 Å². The van der Waals surface area contributed by atoms with E-state index in [9.17, 15) is 4.39 Å². The fraction of sp³-hybridized carbons (Fsp3) is 0.441. The molecule has 0 unspecified atom stereocenters. The first-order chi connectivity index (χ1) is 17.7. The van der Waals surface area contributed by atoms with E-state index in [1.165, 1.54) is 49.3 Å². The van der Waals surface area contributed by atoms with E-state index in [1.54, 1.807) is 37.9 Å². The molecule has 0 amide bonds. The van der Waals surface area contributed by atoms with Crippen LogP contribution in [0.1, 0.15) is 103 Å². The molecule has 1 aromatic heterocycles. The predicted octanol–water partition coefficient (Wildman–Crippen LogP) is 10.3. The van der Waals surface area contributed by atoms with E-state index in [4.69, 9.17) is 4.74 Å². The second-order valence-corrected chi connectivity index (χ2v) is 8.83. The molecule has 0 radical (unpaired) electrons. The molecule has 0 aliphatic heterocycles. The molecule has 202 valence electrons. The lowest BCUT2D eigenvalue weighted by Gasteiger charge is -2.12. The number of aromatic nitrogens is 1. The normalized spacial score (nSPS) is 13.4. The first kappa shape index (κ1) is 33.9. The largest absolute Gasteiger partial charge is 0.497 e. The van der Waals surface area contributed by atoms with Crippen LogP contribution in [0, 0.1) is 19.3 Å². The van der Waals surface area contributed by atoms with Crippen molar-refractivity contribution in [2.24, 2.45) is 0 Å². The Morgan fingerprint density at radius 1 is 1.08 bits per heavy atom. The number of benzene rings is 1. The van der Waals surface area contributed by atoms with E-state index in [1.807, 2.05) is 39.0 Å². The number of halogens is 1. The molecule has 4 rings (SSSR count). The fourth-order valence-corrected chi connectivity index (χ4v) is 3.11.